The Morgan fingerprint density at radius 3 is 2.69 bits per heavy atom. The predicted octanol–water partition coefficient (Wildman–Crippen LogP) is 1.86. The number of hydrogen-bond acceptors (Lipinski definition) is 3. The number of nitrogens with zero attached hydrogens (tertiary/aromatic N) is 1. The number of anilines is 1. The van der Waals surface area contributed by atoms with Crippen molar-refractivity contribution in [1.29, 1.82) is 0 Å². The molecule has 0 aliphatic carbocycles. The van der Waals surface area contributed by atoms with Crippen molar-refractivity contribution in [2.75, 3.05) is 5.73 Å². The van der Waals surface area contributed by atoms with Gasteiger partial charge in [-0.25, -0.2) is 13.8 Å². The van der Waals surface area contributed by atoms with Crippen LogP contribution >= 0.6 is 15.9 Å². The zero-order chi connectivity index (χ0) is 10.0. The lowest BCUT2D eigenvalue weighted by atomic mass is 10.2. The van der Waals surface area contributed by atoms with Crippen LogP contribution in [0.4, 0.5) is 14.6 Å². The molecule has 0 aromatic carbocycles. The molecule has 6 heteroatoms. The van der Waals surface area contributed by atoms with E-state index in [9.17, 15) is 8.78 Å². The fourth-order valence-electron chi connectivity index (χ4n) is 0.877. The van der Waals surface area contributed by atoms with E-state index in [0.717, 1.165) is 0 Å². The molecule has 0 spiro atoms. The van der Waals surface area contributed by atoms with Gasteiger partial charge in [0.2, 0.25) is 0 Å². The van der Waals surface area contributed by atoms with E-state index >= 15 is 0 Å². The number of rotatable bonds is 2. The monoisotopic (exact) mass is 252 g/mol. The van der Waals surface area contributed by atoms with Crippen molar-refractivity contribution >= 4 is 21.7 Å². The van der Waals surface area contributed by atoms with Crippen molar-refractivity contribution in [3.05, 3.63) is 21.8 Å². The zero-order valence-electron chi connectivity index (χ0n) is 6.47. The second-order valence-electron chi connectivity index (χ2n) is 2.36. The molecule has 0 fully saturated rings. The van der Waals surface area contributed by atoms with Crippen LogP contribution in [0.3, 0.4) is 0 Å². The number of hydrogen-bond donors (Lipinski definition) is 2. The van der Waals surface area contributed by atoms with Crippen molar-refractivity contribution in [1.82, 2.24) is 4.98 Å². The van der Waals surface area contributed by atoms with Crippen LogP contribution in [0.2, 0.25) is 0 Å². The molecular weight excluding hydrogens is 246 g/mol. The summed E-state index contributed by atoms with van der Waals surface area (Å²) >= 11 is 2.93. The van der Waals surface area contributed by atoms with Crippen molar-refractivity contribution in [3.63, 3.8) is 0 Å². The molecule has 72 valence electrons. The minimum Gasteiger partial charge on any atom is -0.392 e. The third kappa shape index (κ3) is 1.94. The van der Waals surface area contributed by atoms with Gasteiger partial charge in [-0.1, -0.05) is 0 Å². The first kappa shape index (κ1) is 10.3. The molecule has 0 atom stereocenters. The number of alkyl halides is 2. The van der Waals surface area contributed by atoms with E-state index < -0.39 is 6.43 Å². The number of aliphatic hydroxyl groups excluding tert-OH is 1. The van der Waals surface area contributed by atoms with E-state index in [1.54, 1.807) is 0 Å². The summed E-state index contributed by atoms with van der Waals surface area (Å²) in [5, 5.41) is 8.76. The van der Waals surface area contributed by atoms with E-state index in [0.29, 0.717) is 5.56 Å². The van der Waals surface area contributed by atoms with Gasteiger partial charge in [0.25, 0.3) is 6.43 Å². The Morgan fingerprint density at radius 1 is 1.62 bits per heavy atom. The Morgan fingerprint density at radius 2 is 2.23 bits per heavy atom. The van der Waals surface area contributed by atoms with Gasteiger partial charge in [0.05, 0.1) is 12.2 Å². The highest BCUT2D eigenvalue weighted by Gasteiger charge is 2.18. The predicted molar refractivity (Wildman–Crippen MR) is 47.2 cm³/mol. The second kappa shape index (κ2) is 3.97. The maximum absolute atomic E-state index is 12.4. The summed E-state index contributed by atoms with van der Waals surface area (Å²) in [7, 11) is 0. The van der Waals surface area contributed by atoms with Gasteiger partial charge in [-0.2, -0.15) is 0 Å². The standard InChI is InChI=1S/C7H7BrF2N2O/c8-5-3(2-13)1-12-7(11)4(5)6(9)10/h1,6,13H,2H2,(H2,11,12). The summed E-state index contributed by atoms with van der Waals surface area (Å²) in [5.41, 5.74) is 5.17. The molecule has 0 radical (unpaired) electrons. The van der Waals surface area contributed by atoms with Crippen LogP contribution in [0.5, 0.6) is 0 Å². The van der Waals surface area contributed by atoms with E-state index in [2.05, 4.69) is 20.9 Å². The van der Waals surface area contributed by atoms with Crippen LogP contribution in [0.15, 0.2) is 10.7 Å². The van der Waals surface area contributed by atoms with Gasteiger partial charge in [0.1, 0.15) is 5.82 Å². The molecule has 1 aromatic heterocycles. The highest BCUT2D eigenvalue weighted by atomic mass is 79.9. The topological polar surface area (TPSA) is 59.1 Å². The van der Waals surface area contributed by atoms with Gasteiger partial charge in [0, 0.05) is 16.2 Å². The molecule has 0 bridgehead atoms. The van der Waals surface area contributed by atoms with Crippen molar-refractivity contribution in [2.24, 2.45) is 0 Å². The number of nitrogens with two attached hydrogens (primary N) is 1. The summed E-state index contributed by atoms with van der Waals surface area (Å²) in [4.78, 5) is 3.54. The maximum Gasteiger partial charge on any atom is 0.268 e. The highest BCUT2D eigenvalue weighted by molar-refractivity contribution is 9.10. The molecule has 13 heavy (non-hydrogen) atoms. The van der Waals surface area contributed by atoms with Crippen LogP contribution in [-0.4, -0.2) is 10.1 Å². The number of aromatic nitrogens is 1. The third-order valence-corrected chi connectivity index (χ3v) is 2.48. The van der Waals surface area contributed by atoms with Crippen molar-refractivity contribution in [3.8, 4) is 0 Å². The largest absolute Gasteiger partial charge is 0.392 e. The van der Waals surface area contributed by atoms with Crippen molar-refractivity contribution in [2.45, 2.75) is 13.0 Å². The Bertz CT molecular complexity index is 320. The molecular formula is C7H7BrF2N2O. The zero-order valence-corrected chi connectivity index (χ0v) is 8.05. The summed E-state index contributed by atoms with van der Waals surface area (Å²) in [6, 6.07) is 0. The van der Waals surface area contributed by atoms with Crippen LogP contribution < -0.4 is 5.73 Å². The van der Waals surface area contributed by atoms with Crippen LogP contribution in [-0.2, 0) is 6.61 Å². The van der Waals surface area contributed by atoms with E-state index in [1.165, 1.54) is 6.20 Å². The first-order chi connectivity index (χ1) is 6.07. The van der Waals surface area contributed by atoms with Gasteiger partial charge < -0.3 is 10.8 Å². The maximum atomic E-state index is 12.4. The van der Waals surface area contributed by atoms with Crippen LogP contribution in [0.1, 0.15) is 17.6 Å². The number of halogens is 3. The molecule has 0 saturated carbocycles. The lowest BCUT2D eigenvalue weighted by Crippen LogP contribution is -2.02. The lowest BCUT2D eigenvalue weighted by molar-refractivity contribution is 0.150. The fraction of sp³-hybridized carbons (Fsp3) is 0.286. The van der Waals surface area contributed by atoms with E-state index in [-0.39, 0.29) is 22.5 Å². The molecule has 0 aliphatic heterocycles. The van der Waals surface area contributed by atoms with Gasteiger partial charge in [-0.3, -0.25) is 0 Å². The van der Waals surface area contributed by atoms with Gasteiger partial charge >= 0.3 is 0 Å². The molecule has 3 nitrogen and oxygen atoms in total. The Kier molecular flexibility index (Phi) is 3.16. The Labute approximate surface area is 81.7 Å². The summed E-state index contributed by atoms with van der Waals surface area (Å²) in [6.07, 6.45) is -1.45. The first-order valence-corrected chi connectivity index (χ1v) is 4.19. The van der Waals surface area contributed by atoms with Gasteiger partial charge in [0.15, 0.2) is 0 Å². The SMILES string of the molecule is Nc1ncc(CO)c(Br)c1C(F)F. The van der Waals surface area contributed by atoms with Gasteiger partial charge in [-0.15, -0.1) is 0 Å². The average molecular weight is 253 g/mol. The Balaban J connectivity index is 3.30. The minimum atomic E-state index is -2.70. The molecule has 1 aromatic rings. The Hall–Kier alpha value is -0.750. The minimum absolute atomic E-state index is 0.123. The molecule has 0 aliphatic rings. The summed E-state index contributed by atoms with van der Waals surface area (Å²) in [6.45, 7) is -0.354. The molecule has 0 amide bonds. The van der Waals surface area contributed by atoms with Crippen molar-refractivity contribution < 1.29 is 13.9 Å². The third-order valence-electron chi connectivity index (χ3n) is 1.54. The van der Waals surface area contributed by atoms with Crippen LogP contribution in [0, 0.1) is 0 Å². The number of nitrogen functional groups attached to an aromatic ring is 1. The molecule has 0 unspecified atom stereocenters. The van der Waals surface area contributed by atoms with Crippen LogP contribution in [0.25, 0.3) is 0 Å². The number of pyridine rings is 1. The second-order valence-corrected chi connectivity index (χ2v) is 3.15. The number of aliphatic hydroxyl groups is 1. The first-order valence-electron chi connectivity index (χ1n) is 3.39. The average Bonchev–Trinajstić information content (AvgIpc) is 2.04. The highest BCUT2D eigenvalue weighted by Crippen LogP contribution is 2.33. The molecule has 1 heterocycles. The van der Waals surface area contributed by atoms with E-state index in [4.69, 9.17) is 10.8 Å². The normalized spacial score (nSPS) is 10.8. The molecule has 0 saturated heterocycles. The lowest BCUT2D eigenvalue weighted by Gasteiger charge is -2.08. The quantitative estimate of drug-likeness (QED) is 0.845. The smallest absolute Gasteiger partial charge is 0.268 e. The molecule has 3 N–H and O–H groups in total. The molecule has 1 rings (SSSR count). The summed E-state index contributed by atoms with van der Waals surface area (Å²) < 4.78 is 24.9. The van der Waals surface area contributed by atoms with E-state index in [1.807, 2.05) is 0 Å². The fourth-order valence-corrected chi connectivity index (χ4v) is 1.48. The summed E-state index contributed by atoms with van der Waals surface area (Å²) in [5.74, 6) is -0.223. The van der Waals surface area contributed by atoms with Gasteiger partial charge in [-0.05, 0) is 15.9 Å².